The standard InChI is InChI=1S/C30H31NO9/c1-31-11-10-17-13-22-28(39-15-38-22)29(36-5)23(17)25(31)26-18-7-9-20(34-3)27(24(18)30(32)40-26)37-14-16-6-8-19(33-2)21(12-16)35-4/h6-9,12-13,25-26H,10-11,14-15H2,1-5H3/t25-,26+/m1/s1. The summed E-state index contributed by atoms with van der Waals surface area (Å²) in [7, 11) is 8.33. The summed E-state index contributed by atoms with van der Waals surface area (Å²) < 4.78 is 45.9. The Morgan fingerprint density at radius 2 is 1.68 bits per heavy atom. The van der Waals surface area contributed by atoms with Crippen LogP contribution in [-0.4, -0.2) is 59.7 Å². The smallest absolute Gasteiger partial charge is 0.343 e. The lowest BCUT2D eigenvalue weighted by Gasteiger charge is -2.38. The summed E-state index contributed by atoms with van der Waals surface area (Å²) in [6.07, 6.45) is 0.195. The van der Waals surface area contributed by atoms with E-state index in [9.17, 15) is 4.79 Å². The van der Waals surface area contributed by atoms with Gasteiger partial charge in [-0.3, -0.25) is 4.90 Å². The van der Waals surface area contributed by atoms with Crippen LogP contribution in [0.2, 0.25) is 0 Å². The highest BCUT2D eigenvalue weighted by molar-refractivity contribution is 5.98. The number of likely N-dealkylation sites (N-methyl/N-ethyl adjacent to an activating group) is 1. The van der Waals surface area contributed by atoms with E-state index in [2.05, 4.69) is 4.90 Å². The number of methoxy groups -OCH3 is 4. The summed E-state index contributed by atoms with van der Waals surface area (Å²) in [6.45, 7) is 1.08. The van der Waals surface area contributed by atoms with Gasteiger partial charge in [0.25, 0.3) is 0 Å². The first kappa shape index (κ1) is 25.9. The summed E-state index contributed by atoms with van der Waals surface area (Å²) in [4.78, 5) is 15.6. The molecule has 6 rings (SSSR count). The average molecular weight is 550 g/mol. The Morgan fingerprint density at radius 3 is 2.42 bits per heavy atom. The summed E-state index contributed by atoms with van der Waals surface area (Å²) >= 11 is 0. The molecule has 0 bridgehead atoms. The quantitative estimate of drug-likeness (QED) is 0.375. The van der Waals surface area contributed by atoms with Crippen molar-refractivity contribution in [2.45, 2.75) is 25.2 Å². The van der Waals surface area contributed by atoms with Crippen molar-refractivity contribution >= 4 is 5.97 Å². The average Bonchev–Trinajstić information content (AvgIpc) is 3.58. The van der Waals surface area contributed by atoms with Crippen molar-refractivity contribution < 1.29 is 42.7 Å². The maximum Gasteiger partial charge on any atom is 0.343 e. The third kappa shape index (κ3) is 4.10. The monoisotopic (exact) mass is 549 g/mol. The summed E-state index contributed by atoms with van der Waals surface area (Å²) in [5.74, 6) is 3.34. The molecule has 0 aliphatic carbocycles. The third-order valence-corrected chi connectivity index (χ3v) is 7.69. The molecule has 0 aromatic heterocycles. The van der Waals surface area contributed by atoms with Gasteiger partial charge in [0.15, 0.2) is 34.5 Å². The molecular weight excluding hydrogens is 518 g/mol. The lowest BCUT2D eigenvalue weighted by Crippen LogP contribution is -2.36. The Bertz CT molecular complexity index is 1470. The van der Waals surface area contributed by atoms with E-state index in [4.69, 9.17) is 37.9 Å². The van der Waals surface area contributed by atoms with Gasteiger partial charge >= 0.3 is 5.97 Å². The molecule has 10 nitrogen and oxygen atoms in total. The summed E-state index contributed by atoms with van der Waals surface area (Å²) in [5.41, 5.74) is 3.91. The molecule has 0 fully saturated rings. The fourth-order valence-corrected chi connectivity index (χ4v) is 5.78. The highest BCUT2D eigenvalue weighted by atomic mass is 16.7. The maximum atomic E-state index is 13.5. The van der Waals surface area contributed by atoms with Gasteiger partial charge in [-0.15, -0.1) is 0 Å². The Labute approximate surface area is 232 Å². The van der Waals surface area contributed by atoms with E-state index in [0.29, 0.717) is 45.8 Å². The van der Waals surface area contributed by atoms with Crippen molar-refractivity contribution in [1.82, 2.24) is 4.90 Å². The number of nitrogens with zero attached hydrogens (tertiary/aromatic N) is 1. The maximum absolute atomic E-state index is 13.5. The molecule has 40 heavy (non-hydrogen) atoms. The van der Waals surface area contributed by atoms with Gasteiger partial charge < -0.3 is 37.9 Å². The van der Waals surface area contributed by atoms with E-state index < -0.39 is 12.1 Å². The van der Waals surface area contributed by atoms with Crippen molar-refractivity contribution in [3.8, 4) is 40.2 Å². The lowest BCUT2D eigenvalue weighted by molar-refractivity contribution is 0.00871. The molecule has 0 spiro atoms. The van der Waals surface area contributed by atoms with Gasteiger partial charge in [-0.25, -0.2) is 4.79 Å². The highest BCUT2D eigenvalue weighted by Gasteiger charge is 2.46. The molecule has 3 heterocycles. The molecule has 0 radical (unpaired) electrons. The molecule has 10 heteroatoms. The highest BCUT2D eigenvalue weighted by Crippen LogP contribution is 2.55. The number of hydrogen-bond acceptors (Lipinski definition) is 10. The largest absolute Gasteiger partial charge is 0.493 e. The van der Waals surface area contributed by atoms with E-state index >= 15 is 0 Å². The lowest BCUT2D eigenvalue weighted by atomic mass is 9.85. The van der Waals surface area contributed by atoms with Crippen LogP contribution in [0.4, 0.5) is 0 Å². The molecular formula is C30H31NO9. The Morgan fingerprint density at radius 1 is 0.900 bits per heavy atom. The van der Waals surface area contributed by atoms with Crippen LogP contribution in [0.5, 0.6) is 40.2 Å². The van der Waals surface area contributed by atoms with Crippen molar-refractivity contribution in [3.63, 3.8) is 0 Å². The van der Waals surface area contributed by atoms with Crippen molar-refractivity contribution in [3.05, 3.63) is 64.2 Å². The number of carbonyl (C=O) groups is 1. The van der Waals surface area contributed by atoms with Crippen molar-refractivity contribution in [2.75, 3.05) is 48.8 Å². The van der Waals surface area contributed by atoms with Crippen molar-refractivity contribution in [2.24, 2.45) is 0 Å². The molecule has 0 N–H and O–H groups in total. The molecule has 3 aromatic rings. The second-order valence-corrected chi connectivity index (χ2v) is 9.76. The van der Waals surface area contributed by atoms with Gasteiger partial charge in [0.1, 0.15) is 18.3 Å². The zero-order valence-corrected chi connectivity index (χ0v) is 23.1. The van der Waals surface area contributed by atoms with Crippen LogP contribution in [0.25, 0.3) is 0 Å². The molecule has 210 valence electrons. The molecule has 3 aliphatic rings. The first-order valence-electron chi connectivity index (χ1n) is 12.9. The zero-order valence-electron chi connectivity index (χ0n) is 23.1. The number of benzene rings is 3. The first-order chi connectivity index (χ1) is 19.5. The van der Waals surface area contributed by atoms with Gasteiger partial charge in [-0.1, -0.05) is 12.1 Å². The Hall–Kier alpha value is -4.31. The first-order valence-corrected chi connectivity index (χ1v) is 12.9. The molecule has 2 atom stereocenters. The minimum absolute atomic E-state index is 0.136. The van der Waals surface area contributed by atoms with E-state index in [1.54, 1.807) is 34.5 Å². The predicted octanol–water partition coefficient (Wildman–Crippen LogP) is 4.47. The fourth-order valence-electron chi connectivity index (χ4n) is 5.78. The van der Waals surface area contributed by atoms with Gasteiger partial charge in [0.2, 0.25) is 12.5 Å². The van der Waals surface area contributed by atoms with Crippen LogP contribution in [0, 0.1) is 0 Å². The number of esters is 1. The van der Waals surface area contributed by atoms with Crippen LogP contribution in [-0.2, 0) is 17.8 Å². The number of rotatable bonds is 8. The van der Waals surface area contributed by atoms with Crippen LogP contribution in [0.15, 0.2) is 36.4 Å². The second-order valence-electron chi connectivity index (χ2n) is 9.76. The fraction of sp³-hybridized carbons (Fsp3) is 0.367. The summed E-state index contributed by atoms with van der Waals surface area (Å²) in [5, 5.41) is 0. The minimum Gasteiger partial charge on any atom is -0.493 e. The Balaban J connectivity index is 1.39. The van der Waals surface area contributed by atoms with Crippen LogP contribution in [0.3, 0.4) is 0 Å². The number of hydrogen-bond donors (Lipinski definition) is 0. The van der Waals surface area contributed by atoms with E-state index in [1.165, 1.54) is 0 Å². The van der Waals surface area contributed by atoms with Gasteiger partial charge in [-0.05, 0) is 48.9 Å². The van der Waals surface area contributed by atoms with E-state index in [0.717, 1.165) is 35.2 Å². The van der Waals surface area contributed by atoms with E-state index in [-0.39, 0.29) is 19.4 Å². The van der Waals surface area contributed by atoms with Crippen LogP contribution < -0.4 is 33.2 Å². The molecule has 3 aromatic carbocycles. The molecule has 0 amide bonds. The normalized spacial score (nSPS) is 19.0. The SMILES string of the molecule is COc1ccc(COc2c(OC)ccc3c2C(=O)O[C@@H]3[C@H]2c3c(cc4c(c3OC)OCO4)CCN2C)cc1OC. The molecule has 0 unspecified atom stereocenters. The zero-order chi connectivity index (χ0) is 28.0. The van der Waals surface area contributed by atoms with Crippen LogP contribution in [0.1, 0.15) is 44.8 Å². The summed E-state index contributed by atoms with van der Waals surface area (Å²) in [6, 6.07) is 10.9. The number of fused-ring (bicyclic) bond motifs is 3. The number of ether oxygens (including phenoxy) is 8. The van der Waals surface area contributed by atoms with Gasteiger partial charge in [-0.2, -0.15) is 0 Å². The third-order valence-electron chi connectivity index (χ3n) is 7.69. The molecule has 0 saturated heterocycles. The van der Waals surface area contributed by atoms with Crippen molar-refractivity contribution in [1.29, 1.82) is 0 Å². The van der Waals surface area contributed by atoms with Gasteiger partial charge in [0.05, 0.1) is 34.5 Å². The predicted molar refractivity (Wildman–Crippen MR) is 143 cm³/mol. The number of cyclic esters (lactones) is 1. The van der Waals surface area contributed by atoms with Crippen LogP contribution >= 0.6 is 0 Å². The van der Waals surface area contributed by atoms with Gasteiger partial charge in [0, 0.05) is 17.7 Å². The molecule has 3 aliphatic heterocycles. The second kappa shape index (κ2) is 10.3. The minimum atomic E-state index is -0.602. The Kier molecular flexibility index (Phi) is 6.71. The van der Waals surface area contributed by atoms with E-state index in [1.807, 2.05) is 37.4 Å². The topological polar surface area (TPSA) is 94.2 Å². The number of carbonyl (C=O) groups excluding carboxylic acids is 1. The molecule has 0 saturated carbocycles.